The molecule has 0 aliphatic heterocycles. The molecule has 0 fully saturated rings. The standard InChI is InChI=1S/C10H16N2O/c1-8(2)13-7-10-6-9(11-3)4-5-12-10/h4-6,8H,7H2,1-3H3,(H,11,12). The molecule has 13 heavy (non-hydrogen) atoms. The summed E-state index contributed by atoms with van der Waals surface area (Å²) in [5, 5.41) is 3.06. The van der Waals surface area contributed by atoms with Gasteiger partial charge in [0.25, 0.3) is 0 Å². The van der Waals surface area contributed by atoms with Gasteiger partial charge in [-0.05, 0) is 26.0 Å². The fourth-order valence-corrected chi connectivity index (χ4v) is 0.965. The first kappa shape index (κ1) is 9.99. The first-order valence-electron chi connectivity index (χ1n) is 4.46. The lowest BCUT2D eigenvalue weighted by atomic mass is 10.3. The van der Waals surface area contributed by atoms with Gasteiger partial charge in [0.15, 0.2) is 0 Å². The van der Waals surface area contributed by atoms with E-state index in [0.717, 1.165) is 11.4 Å². The van der Waals surface area contributed by atoms with Crippen LogP contribution >= 0.6 is 0 Å². The van der Waals surface area contributed by atoms with E-state index in [0.29, 0.717) is 6.61 Å². The van der Waals surface area contributed by atoms with Crippen LogP contribution in [0.3, 0.4) is 0 Å². The lowest BCUT2D eigenvalue weighted by Crippen LogP contribution is -2.03. The average molecular weight is 180 g/mol. The van der Waals surface area contributed by atoms with E-state index < -0.39 is 0 Å². The molecule has 1 heterocycles. The predicted molar refractivity (Wildman–Crippen MR) is 53.7 cm³/mol. The van der Waals surface area contributed by atoms with Crippen molar-refractivity contribution in [2.75, 3.05) is 12.4 Å². The minimum atomic E-state index is 0.250. The van der Waals surface area contributed by atoms with Crippen molar-refractivity contribution in [3.63, 3.8) is 0 Å². The zero-order chi connectivity index (χ0) is 9.68. The van der Waals surface area contributed by atoms with Crippen LogP contribution in [0.2, 0.25) is 0 Å². The van der Waals surface area contributed by atoms with Crippen LogP contribution in [-0.4, -0.2) is 18.1 Å². The van der Waals surface area contributed by atoms with E-state index >= 15 is 0 Å². The van der Waals surface area contributed by atoms with Gasteiger partial charge in [0.2, 0.25) is 0 Å². The Balaban J connectivity index is 2.56. The number of rotatable bonds is 4. The molecule has 0 aliphatic rings. The highest BCUT2D eigenvalue weighted by Crippen LogP contribution is 2.08. The number of hydrogen-bond donors (Lipinski definition) is 1. The summed E-state index contributed by atoms with van der Waals surface area (Å²) in [6, 6.07) is 3.92. The SMILES string of the molecule is CNc1ccnc(COC(C)C)c1. The molecule has 0 aromatic carbocycles. The molecule has 1 N–H and O–H groups in total. The Bertz CT molecular complexity index is 261. The summed E-state index contributed by atoms with van der Waals surface area (Å²) in [4.78, 5) is 4.19. The molecule has 1 aromatic heterocycles. The second kappa shape index (κ2) is 4.82. The van der Waals surface area contributed by atoms with Crippen LogP contribution in [-0.2, 0) is 11.3 Å². The molecule has 1 aromatic rings. The number of pyridine rings is 1. The molecule has 0 radical (unpaired) electrons. The smallest absolute Gasteiger partial charge is 0.0892 e. The summed E-state index contributed by atoms with van der Waals surface area (Å²) in [7, 11) is 1.89. The molecule has 0 aliphatic carbocycles. The highest BCUT2D eigenvalue weighted by molar-refractivity contribution is 5.42. The molecular formula is C10H16N2O. The molecule has 72 valence electrons. The summed E-state index contributed by atoms with van der Waals surface area (Å²) in [5.41, 5.74) is 2.03. The Morgan fingerprint density at radius 1 is 1.54 bits per heavy atom. The Labute approximate surface area is 79.1 Å². The van der Waals surface area contributed by atoms with Crippen molar-refractivity contribution in [3.05, 3.63) is 24.0 Å². The van der Waals surface area contributed by atoms with Crippen molar-refractivity contribution in [3.8, 4) is 0 Å². The summed E-state index contributed by atoms with van der Waals surface area (Å²) in [5.74, 6) is 0. The fraction of sp³-hybridized carbons (Fsp3) is 0.500. The molecule has 0 saturated heterocycles. The van der Waals surface area contributed by atoms with Gasteiger partial charge in [0.1, 0.15) is 0 Å². The van der Waals surface area contributed by atoms with Gasteiger partial charge in [-0.25, -0.2) is 0 Å². The van der Waals surface area contributed by atoms with Crippen molar-refractivity contribution in [2.45, 2.75) is 26.6 Å². The molecule has 0 amide bonds. The second-order valence-electron chi connectivity index (χ2n) is 3.15. The van der Waals surface area contributed by atoms with Crippen LogP contribution in [0.15, 0.2) is 18.3 Å². The monoisotopic (exact) mass is 180 g/mol. The van der Waals surface area contributed by atoms with Gasteiger partial charge < -0.3 is 10.1 Å². The first-order chi connectivity index (χ1) is 6.22. The van der Waals surface area contributed by atoms with Crippen molar-refractivity contribution in [2.24, 2.45) is 0 Å². The largest absolute Gasteiger partial charge is 0.388 e. The summed E-state index contributed by atoms with van der Waals surface area (Å²) >= 11 is 0. The molecule has 0 saturated carbocycles. The van der Waals surface area contributed by atoms with E-state index in [9.17, 15) is 0 Å². The third-order valence-corrected chi connectivity index (χ3v) is 1.67. The quantitative estimate of drug-likeness (QED) is 0.770. The van der Waals surface area contributed by atoms with E-state index in [1.165, 1.54) is 0 Å². The van der Waals surface area contributed by atoms with Gasteiger partial charge >= 0.3 is 0 Å². The van der Waals surface area contributed by atoms with Gasteiger partial charge in [0.05, 0.1) is 18.4 Å². The maximum atomic E-state index is 5.44. The zero-order valence-corrected chi connectivity index (χ0v) is 8.37. The lowest BCUT2D eigenvalue weighted by Gasteiger charge is -2.07. The molecule has 0 atom stereocenters. The van der Waals surface area contributed by atoms with Gasteiger partial charge in [-0.3, -0.25) is 4.98 Å². The third kappa shape index (κ3) is 3.42. The molecule has 3 nitrogen and oxygen atoms in total. The van der Waals surface area contributed by atoms with Crippen LogP contribution in [0.4, 0.5) is 5.69 Å². The number of nitrogens with one attached hydrogen (secondary N) is 1. The predicted octanol–water partition coefficient (Wildman–Crippen LogP) is 2.05. The van der Waals surface area contributed by atoms with Gasteiger partial charge in [-0.15, -0.1) is 0 Å². The van der Waals surface area contributed by atoms with Crippen molar-refractivity contribution in [1.29, 1.82) is 0 Å². The molecular weight excluding hydrogens is 164 g/mol. The Morgan fingerprint density at radius 2 is 2.31 bits per heavy atom. The van der Waals surface area contributed by atoms with Crippen molar-refractivity contribution in [1.82, 2.24) is 4.98 Å². The maximum Gasteiger partial charge on any atom is 0.0892 e. The highest BCUT2D eigenvalue weighted by Gasteiger charge is 1.98. The van der Waals surface area contributed by atoms with Crippen LogP contribution in [0, 0.1) is 0 Å². The fourth-order valence-electron chi connectivity index (χ4n) is 0.965. The normalized spacial score (nSPS) is 10.5. The number of anilines is 1. The summed E-state index contributed by atoms with van der Waals surface area (Å²) in [6.45, 7) is 4.61. The number of hydrogen-bond acceptors (Lipinski definition) is 3. The van der Waals surface area contributed by atoms with Gasteiger partial charge in [0, 0.05) is 18.9 Å². The number of aromatic nitrogens is 1. The Kier molecular flexibility index (Phi) is 3.71. The van der Waals surface area contributed by atoms with Crippen LogP contribution in [0.25, 0.3) is 0 Å². The third-order valence-electron chi connectivity index (χ3n) is 1.67. The minimum absolute atomic E-state index is 0.250. The molecule has 3 heteroatoms. The van der Waals surface area contributed by atoms with Crippen LogP contribution in [0.5, 0.6) is 0 Å². The topological polar surface area (TPSA) is 34.2 Å². The molecule has 1 rings (SSSR count). The van der Waals surface area contributed by atoms with E-state index in [1.807, 2.05) is 33.0 Å². The Morgan fingerprint density at radius 3 is 2.92 bits per heavy atom. The molecule has 0 spiro atoms. The van der Waals surface area contributed by atoms with Gasteiger partial charge in [-0.2, -0.15) is 0 Å². The number of ether oxygens (including phenoxy) is 1. The first-order valence-corrected chi connectivity index (χ1v) is 4.46. The Hall–Kier alpha value is -1.09. The van der Waals surface area contributed by atoms with Gasteiger partial charge in [-0.1, -0.05) is 0 Å². The van der Waals surface area contributed by atoms with Crippen molar-refractivity contribution >= 4 is 5.69 Å². The average Bonchev–Trinajstić information content (AvgIpc) is 2.15. The van der Waals surface area contributed by atoms with E-state index in [-0.39, 0.29) is 6.10 Å². The van der Waals surface area contributed by atoms with E-state index in [2.05, 4.69) is 10.3 Å². The van der Waals surface area contributed by atoms with Crippen LogP contribution < -0.4 is 5.32 Å². The van der Waals surface area contributed by atoms with E-state index in [1.54, 1.807) is 6.20 Å². The molecule has 0 bridgehead atoms. The summed E-state index contributed by atoms with van der Waals surface area (Å²) in [6.07, 6.45) is 2.03. The molecule has 0 unspecified atom stereocenters. The number of nitrogens with zero attached hydrogens (tertiary/aromatic N) is 1. The zero-order valence-electron chi connectivity index (χ0n) is 8.37. The highest BCUT2D eigenvalue weighted by atomic mass is 16.5. The van der Waals surface area contributed by atoms with Crippen molar-refractivity contribution < 1.29 is 4.74 Å². The lowest BCUT2D eigenvalue weighted by molar-refractivity contribution is 0.0636. The summed E-state index contributed by atoms with van der Waals surface area (Å²) < 4.78 is 5.44. The second-order valence-corrected chi connectivity index (χ2v) is 3.15. The minimum Gasteiger partial charge on any atom is -0.388 e. The maximum absolute atomic E-state index is 5.44. The van der Waals surface area contributed by atoms with Crippen LogP contribution in [0.1, 0.15) is 19.5 Å². The van der Waals surface area contributed by atoms with E-state index in [4.69, 9.17) is 4.74 Å².